The fraction of sp³-hybridized carbons (Fsp3) is 0.391. The maximum atomic E-state index is 13.0. The second kappa shape index (κ2) is 20.5. The van der Waals surface area contributed by atoms with Gasteiger partial charge in [0.1, 0.15) is 24.8 Å². The Morgan fingerprint density at radius 3 is 1.17 bits per heavy atom. The number of alkyl halides is 6. The third kappa shape index (κ3) is 12.2. The summed E-state index contributed by atoms with van der Waals surface area (Å²) in [6.07, 6.45) is -6.67. The Morgan fingerprint density at radius 1 is 0.533 bits per heavy atom. The van der Waals surface area contributed by atoms with Gasteiger partial charge in [-0.15, -0.1) is 0 Å². The molecule has 0 bridgehead atoms. The maximum absolute atomic E-state index is 13.0. The average Bonchev–Trinajstić information content (AvgIpc) is 3.22. The van der Waals surface area contributed by atoms with Gasteiger partial charge in [0.2, 0.25) is 0 Å². The molecule has 0 aromatic heterocycles. The van der Waals surface area contributed by atoms with E-state index in [1.54, 1.807) is 0 Å². The Balaban J connectivity index is 0.000000228. The van der Waals surface area contributed by atoms with Crippen LogP contribution in [0.25, 0.3) is 0 Å². The highest BCUT2D eigenvalue weighted by Gasteiger charge is 2.41. The monoisotopic (exact) mass is 838 g/mol. The molecule has 2 heterocycles. The van der Waals surface area contributed by atoms with Crippen LogP contribution in [0.3, 0.4) is 0 Å². The molecule has 4 aromatic carbocycles. The van der Waals surface area contributed by atoms with Gasteiger partial charge in [-0.25, -0.2) is 9.59 Å². The quantitative estimate of drug-likeness (QED) is 0.148. The number of nitrogens with zero attached hydrogens (tertiary/aromatic N) is 2. The normalized spacial score (nSPS) is 19.6. The molecule has 2 amide bonds. The van der Waals surface area contributed by atoms with Gasteiger partial charge in [-0.3, -0.25) is 19.4 Å². The van der Waals surface area contributed by atoms with Gasteiger partial charge >= 0.3 is 24.5 Å². The Labute approximate surface area is 345 Å². The van der Waals surface area contributed by atoms with E-state index < -0.39 is 47.7 Å². The van der Waals surface area contributed by atoms with Crippen molar-refractivity contribution in [2.45, 2.75) is 115 Å². The predicted octanol–water partition coefficient (Wildman–Crippen LogP) is 11.8. The van der Waals surface area contributed by atoms with Crippen LogP contribution in [-0.2, 0) is 44.6 Å². The first-order valence-electron chi connectivity index (χ1n) is 19.9. The predicted molar refractivity (Wildman–Crippen MR) is 211 cm³/mol. The number of ether oxygens (including phenoxy) is 2. The van der Waals surface area contributed by atoms with E-state index in [0.29, 0.717) is 24.0 Å². The van der Waals surface area contributed by atoms with Crippen molar-refractivity contribution in [2.24, 2.45) is 0 Å². The van der Waals surface area contributed by atoms with Gasteiger partial charge in [-0.1, -0.05) is 112 Å². The standard InChI is InChI=1S/2C23H24F3NO3/c2*1-2-6-19-13-20(28)14-21(17-9-11-18(12-10-17)23(24,25)26)27(19)22(29)30-15-16-7-4-3-5-8-16/h2*3-5,7-12,19,21H,2,6,13-15H2,1H3/t19-,21+;19-,21-/m01/s1. The molecule has 0 saturated carbocycles. The summed E-state index contributed by atoms with van der Waals surface area (Å²) in [5.41, 5.74) is 1.12. The topological polar surface area (TPSA) is 93.2 Å². The zero-order valence-corrected chi connectivity index (χ0v) is 33.4. The lowest BCUT2D eigenvalue weighted by molar-refractivity contribution is -0.138. The number of amides is 2. The first kappa shape index (κ1) is 45.4. The third-order valence-corrected chi connectivity index (χ3v) is 10.5. The summed E-state index contributed by atoms with van der Waals surface area (Å²) >= 11 is 0. The van der Waals surface area contributed by atoms with E-state index in [-0.39, 0.29) is 62.5 Å². The van der Waals surface area contributed by atoms with Gasteiger partial charge in [0, 0.05) is 37.8 Å². The van der Waals surface area contributed by atoms with E-state index in [9.17, 15) is 45.5 Å². The molecule has 4 aromatic rings. The highest BCUT2D eigenvalue weighted by atomic mass is 19.4. The second-order valence-electron chi connectivity index (χ2n) is 14.9. The number of rotatable bonds is 10. The van der Waals surface area contributed by atoms with Crippen molar-refractivity contribution in [1.29, 1.82) is 0 Å². The third-order valence-electron chi connectivity index (χ3n) is 10.5. The summed E-state index contributed by atoms with van der Waals surface area (Å²) in [4.78, 5) is 53.7. The molecule has 0 radical (unpaired) electrons. The van der Waals surface area contributed by atoms with Crippen molar-refractivity contribution >= 4 is 23.8 Å². The Kier molecular flexibility index (Phi) is 15.6. The lowest BCUT2D eigenvalue weighted by atomic mass is 9.88. The van der Waals surface area contributed by atoms with Crippen LogP contribution in [0.1, 0.15) is 111 Å². The minimum Gasteiger partial charge on any atom is -0.445 e. The molecule has 0 aliphatic carbocycles. The average molecular weight is 839 g/mol. The molecule has 0 N–H and O–H groups in total. The van der Waals surface area contributed by atoms with Crippen molar-refractivity contribution < 1.29 is 55.0 Å². The molecule has 320 valence electrons. The van der Waals surface area contributed by atoms with Crippen LogP contribution in [0.2, 0.25) is 0 Å². The molecule has 4 atom stereocenters. The summed E-state index contributed by atoms with van der Waals surface area (Å²) in [5, 5.41) is 0. The van der Waals surface area contributed by atoms with Crippen molar-refractivity contribution in [3.8, 4) is 0 Å². The number of hydrogen-bond donors (Lipinski definition) is 0. The highest BCUT2D eigenvalue weighted by Crippen LogP contribution is 2.39. The lowest BCUT2D eigenvalue weighted by Gasteiger charge is -2.41. The first-order chi connectivity index (χ1) is 28.6. The number of likely N-dealkylation sites (tertiary alicyclic amines) is 2. The first-order valence-corrected chi connectivity index (χ1v) is 19.9. The van der Waals surface area contributed by atoms with E-state index >= 15 is 0 Å². The number of hydrogen-bond acceptors (Lipinski definition) is 6. The van der Waals surface area contributed by atoms with Gasteiger partial charge in [0.05, 0.1) is 23.2 Å². The van der Waals surface area contributed by atoms with Crippen LogP contribution in [0.4, 0.5) is 35.9 Å². The summed E-state index contributed by atoms with van der Waals surface area (Å²) in [5.74, 6) is -0.0177. The minimum absolute atomic E-state index is 0.00884. The van der Waals surface area contributed by atoms with Crippen LogP contribution < -0.4 is 0 Å². The van der Waals surface area contributed by atoms with E-state index in [4.69, 9.17) is 9.47 Å². The number of carbonyl (C=O) groups excluding carboxylic acids is 4. The molecule has 0 unspecified atom stereocenters. The second-order valence-corrected chi connectivity index (χ2v) is 14.9. The molecule has 2 fully saturated rings. The Morgan fingerprint density at radius 2 is 0.867 bits per heavy atom. The SMILES string of the molecule is CCC[C@@H]1CC(=O)C[C@H](c2ccc(C(F)(F)F)cc2)N1C(=O)OCc1ccccc1.CCC[C@H]1CC(=O)C[C@H](c2ccc(C(F)(F)F)cc2)N1C(=O)OCc1ccccc1. The zero-order chi connectivity index (χ0) is 43.5. The number of ketones is 2. The van der Waals surface area contributed by atoms with Gasteiger partial charge < -0.3 is 9.47 Å². The number of carbonyl (C=O) groups is 4. The van der Waals surface area contributed by atoms with Crippen LogP contribution in [-0.4, -0.2) is 45.6 Å². The van der Waals surface area contributed by atoms with E-state index in [2.05, 4.69) is 0 Å². The number of piperidine rings is 2. The summed E-state index contributed by atoms with van der Waals surface area (Å²) in [6.45, 7) is 4.09. The molecular formula is C46H48F6N2O6. The van der Waals surface area contributed by atoms with Crippen LogP contribution in [0.15, 0.2) is 109 Å². The molecule has 8 nitrogen and oxygen atoms in total. The van der Waals surface area contributed by atoms with Crippen molar-refractivity contribution in [3.05, 3.63) is 143 Å². The Hall–Kier alpha value is -5.66. The lowest BCUT2D eigenvalue weighted by Crippen LogP contribution is -2.48. The van der Waals surface area contributed by atoms with Gasteiger partial charge in [0.15, 0.2) is 0 Å². The van der Waals surface area contributed by atoms with E-state index in [1.165, 1.54) is 34.1 Å². The summed E-state index contributed by atoms with van der Waals surface area (Å²) in [7, 11) is 0. The molecule has 2 saturated heterocycles. The largest absolute Gasteiger partial charge is 0.445 e. The van der Waals surface area contributed by atoms with Gasteiger partial charge in [0.25, 0.3) is 0 Å². The van der Waals surface area contributed by atoms with Crippen molar-refractivity contribution in [1.82, 2.24) is 9.80 Å². The molecule has 60 heavy (non-hydrogen) atoms. The molecule has 2 aliphatic rings. The zero-order valence-electron chi connectivity index (χ0n) is 33.4. The Bertz CT molecular complexity index is 1880. The van der Waals surface area contributed by atoms with Crippen molar-refractivity contribution in [3.63, 3.8) is 0 Å². The number of benzene rings is 4. The smallest absolute Gasteiger partial charge is 0.416 e. The molecule has 6 rings (SSSR count). The van der Waals surface area contributed by atoms with Gasteiger partial charge in [-0.05, 0) is 59.4 Å². The van der Waals surface area contributed by atoms with Gasteiger partial charge in [-0.2, -0.15) is 26.3 Å². The number of halogens is 6. The summed E-state index contributed by atoms with van der Waals surface area (Å²) in [6, 6.07) is 25.8. The maximum Gasteiger partial charge on any atom is 0.416 e. The highest BCUT2D eigenvalue weighted by molar-refractivity contribution is 5.84. The molecular weight excluding hydrogens is 791 g/mol. The van der Waals surface area contributed by atoms with Crippen molar-refractivity contribution in [2.75, 3.05) is 0 Å². The fourth-order valence-electron chi connectivity index (χ4n) is 7.66. The van der Waals surface area contributed by atoms with E-state index in [1.807, 2.05) is 74.5 Å². The van der Waals surface area contributed by atoms with E-state index in [0.717, 1.165) is 48.2 Å². The van der Waals surface area contributed by atoms with Crippen LogP contribution in [0, 0.1) is 0 Å². The number of Topliss-reactive ketones (excluding diaryl/α,β-unsaturated/α-hetero) is 2. The molecule has 0 spiro atoms. The molecule has 2 aliphatic heterocycles. The van der Waals surface area contributed by atoms with Crippen LogP contribution in [0.5, 0.6) is 0 Å². The summed E-state index contributed by atoms with van der Waals surface area (Å²) < 4.78 is 88.5. The molecule has 14 heteroatoms. The minimum atomic E-state index is -4.44. The van der Waals surface area contributed by atoms with Crippen LogP contribution >= 0.6 is 0 Å². The fourth-order valence-corrected chi connectivity index (χ4v) is 7.66.